The third kappa shape index (κ3) is 18.8. The van der Waals surface area contributed by atoms with Gasteiger partial charge < -0.3 is 16.6 Å². The van der Waals surface area contributed by atoms with E-state index in [1.807, 2.05) is 0 Å². The molecule has 0 heterocycles. The maximum atomic E-state index is 10.3. The van der Waals surface area contributed by atoms with Crippen molar-refractivity contribution in [3.05, 3.63) is 71.8 Å². The van der Waals surface area contributed by atoms with E-state index in [-0.39, 0.29) is 11.7 Å². The van der Waals surface area contributed by atoms with Gasteiger partial charge in [0.2, 0.25) is 0 Å². The molecule has 0 aliphatic carbocycles. The smallest absolute Gasteiger partial charge is 0.303 e. The highest BCUT2D eigenvalue weighted by Crippen LogP contribution is 2.15. The van der Waals surface area contributed by atoms with Crippen LogP contribution in [0.25, 0.3) is 0 Å². The lowest BCUT2D eigenvalue weighted by atomic mass is 10.1. The van der Waals surface area contributed by atoms with Crippen LogP contribution in [0, 0.1) is 10.8 Å². The predicted molar refractivity (Wildman–Crippen MR) is 170 cm³/mol. The Kier molecular flexibility index (Phi) is 19.4. The second-order valence-electron chi connectivity index (χ2n) is 9.99. The first-order chi connectivity index (χ1) is 19.8. The fraction of sp³-hybridized carbons (Fsp3) is 0.469. The second-order valence-corrected chi connectivity index (χ2v) is 9.99. The van der Waals surface area contributed by atoms with E-state index in [1.165, 1.54) is 70.6 Å². The highest BCUT2D eigenvalue weighted by atomic mass is 16.4. The molecule has 2 rings (SSSR count). The minimum absolute atomic E-state index is 0.0159. The third-order valence-corrected chi connectivity index (χ3v) is 6.37. The SMILES string of the molecule is CCCCCCCC/C=C\CCCCCCCC(=O)O.N=C(N)c1ccc(/N=N/Nc2ccc(C(=N)N)cc2)cc1. The van der Waals surface area contributed by atoms with Gasteiger partial charge in [-0.15, -0.1) is 5.11 Å². The number of carboxylic acid groups (broad SMARTS) is 1. The molecule has 0 unspecified atom stereocenters. The number of unbranched alkanes of at least 4 members (excludes halogenated alkanes) is 11. The summed E-state index contributed by atoms with van der Waals surface area (Å²) in [5.74, 6) is -0.626. The topological polar surface area (TPSA) is 174 Å². The molecule has 0 spiro atoms. The molecule has 224 valence electrons. The molecule has 0 amide bonds. The second kappa shape index (κ2) is 22.8. The molecular weight excluding hydrogens is 514 g/mol. The molecule has 0 radical (unpaired) electrons. The van der Waals surface area contributed by atoms with Crippen LogP contribution in [0.3, 0.4) is 0 Å². The van der Waals surface area contributed by atoms with Crippen molar-refractivity contribution >= 4 is 29.0 Å². The molecule has 0 bridgehead atoms. The van der Waals surface area contributed by atoms with Gasteiger partial charge >= 0.3 is 5.97 Å². The van der Waals surface area contributed by atoms with Crippen molar-refractivity contribution in [2.75, 3.05) is 5.43 Å². The zero-order valence-electron chi connectivity index (χ0n) is 24.6. The molecule has 2 aromatic carbocycles. The van der Waals surface area contributed by atoms with E-state index in [2.05, 4.69) is 34.8 Å². The van der Waals surface area contributed by atoms with Gasteiger partial charge in [-0.05, 0) is 80.6 Å². The zero-order valence-corrected chi connectivity index (χ0v) is 24.6. The fourth-order valence-corrected chi connectivity index (χ4v) is 3.92. The van der Waals surface area contributed by atoms with Gasteiger partial charge in [0, 0.05) is 17.5 Å². The lowest BCUT2D eigenvalue weighted by Crippen LogP contribution is -2.10. The standard InChI is InChI=1S/C18H34O2.C14H15N7/c1-2-3-4-5-6-7-8-9-10-11-12-13-14-15-16-17-18(19)20;15-13(16)9-1-5-11(6-2-9)19-21-20-12-7-3-10(4-8-12)14(17)18/h9-10H,2-8,11-17H2,1H3,(H,19,20);1-8H,(H3,15,16)(H3,17,18)(H,19,20)/b10-9-;. The average Bonchev–Trinajstić information content (AvgIpc) is 2.96. The van der Waals surface area contributed by atoms with Crippen LogP contribution in [0.2, 0.25) is 0 Å². The molecule has 0 atom stereocenters. The van der Waals surface area contributed by atoms with Crippen molar-refractivity contribution in [3.63, 3.8) is 0 Å². The number of nitrogens with two attached hydrogens (primary N) is 2. The molecular formula is C32H49N7O2. The number of carboxylic acids is 1. The van der Waals surface area contributed by atoms with Crippen molar-refractivity contribution in [1.82, 2.24) is 0 Å². The Balaban J connectivity index is 0.000000411. The van der Waals surface area contributed by atoms with Crippen LogP contribution >= 0.6 is 0 Å². The summed E-state index contributed by atoms with van der Waals surface area (Å²) in [6, 6.07) is 13.8. The minimum Gasteiger partial charge on any atom is -0.481 e. The third-order valence-electron chi connectivity index (χ3n) is 6.37. The highest BCUT2D eigenvalue weighted by molar-refractivity contribution is 5.95. The van der Waals surface area contributed by atoms with E-state index in [0.717, 1.165) is 18.5 Å². The van der Waals surface area contributed by atoms with Gasteiger partial charge in [0.25, 0.3) is 0 Å². The van der Waals surface area contributed by atoms with Crippen LogP contribution in [0.4, 0.5) is 11.4 Å². The summed E-state index contributed by atoms with van der Waals surface area (Å²) in [5, 5.41) is 31.0. The number of benzene rings is 2. The van der Waals surface area contributed by atoms with E-state index >= 15 is 0 Å². The summed E-state index contributed by atoms with van der Waals surface area (Å²) >= 11 is 0. The maximum absolute atomic E-state index is 10.3. The summed E-state index contributed by atoms with van der Waals surface area (Å²) in [6.07, 6.45) is 21.2. The number of nitrogens with one attached hydrogen (secondary N) is 3. The van der Waals surface area contributed by atoms with Gasteiger partial charge in [-0.1, -0.05) is 75.7 Å². The van der Waals surface area contributed by atoms with E-state index in [4.69, 9.17) is 27.4 Å². The maximum Gasteiger partial charge on any atom is 0.303 e. The monoisotopic (exact) mass is 563 g/mol. The highest BCUT2D eigenvalue weighted by Gasteiger charge is 1.98. The van der Waals surface area contributed by atoms with Gasteiger partial charge in [-0.25, -0.2) is 0 Å². The normalized spacial score (nSPS) is 10.9. The number of nitrogens with zero attached hydrogens (tertiary/aromatic N) is 2. The van der Waals surface area contributed by atoms with Gasteiger partial charge in [0.05, 0.1) is 11.4 Å². The molecule has 0 fully saturated rings. The molecule has 9 heteroatoms. The fourth-order valence-electron chi connectivity index (χ4n) is 3.92. The number of allylic oxidation sites excluding steroid dienone is 2. The Morgan fingerprint density at radius 3 is 1.71 bits per heavy atom. The number of hydrogen-bond donors (Lipinski definition) is 6. The summed E-state index contributed by atoms with van der Waals surface area (Å²) < 4.78 is 0. The lowest BCUT2D eigenvalue weighted by Gasteiger charge is -2.01. The molecule has 41 heavy (non-hydrogen) atoms. The first-order valence-corrected chi connectivity index (χ1v) is 14.8. The Labute approximate surface area is 245 Å². The molecule has 8 N–H and O–H groups in total. The van der Waals surface area contributed by atoms with Crippen molar-refractivity contribution in [1.29, 1.82) is 10.8 Å². The molecule has 0 aliphatic rings. The van der Waals surface area contributed by atoms with Gasteiger partial charge in [-0.2, -0.15) is 0 Å². The van der Waals surface area contributed by atoms with Crippen molar-refractivity contribution in [2.45, 2.75) is 96.8 Å². The predicted octanol–water partition coefficient (Wildman–Crippen LogP) is 8.47. The van der Waals surface area contributed by atoms with Crippen LogP contribution in [0.15, 0.2) is 71.0 Å². The lowest BCUT2D eigenvalue weighted by molar-refractivity contribution is -0.137. The number of nitrogen functional groups attached to an aromatic ring is 2. The Bertz CT molecular complexity index is 1060. The van der Waals surface area contributed by atoms with Gasteiger partial charge in [0.15, 0.2) is 0 Å². The molecule has 9 nitrogen and oxygen atoms in total. The summed E-state index contributed by atoms with van der Waals surface area (Å²) in [7, 11) is 0. The number of aliphatic carboxylic acids is 1. The largest absolute Gasteiger partial charge is 0.481 e. The Morgan fingerprint density at radius 1 is 0.756 bits per heavy atom. The number of amidine groups is 2. The van der Waals surface area contributed by atoms with Crippen LogP contribution in [-0.2, 0) is 4.79 Å². The molecule has 0 saturated heterocycles. The minimum atomic E-state index is -0.664. The van der Waals surface area contributed by atoms with E-state index < -0.39 is 5.97 Å². The Morgan fingerprint density at radius 2 is 1.22 bits per heavy atom. The zero-order chi connectivity index (χ0) is 30.1. The molecule has 0 aromatic heterocycles. The summed E-state index contributed by atoms with van der Waals surface area (Å²) in [5.41, 5.74) is 16.2. The summed E-state index contributed by atoms with van der Waals surface area (Å²) in [6.45, 7) is 2.26. The van der Waals surface area contributed by atoms with Crippen molar-refractivity contribution in [2.24, 2.45) is 21.8 Å². The number of anilines is 1. The first kappa shape index (κ1) is 35.0. The van der Waals surface area contributed by atoms with Crippen LogP contribution in [0.5, 0.6) is 0 Å². The van der Waals surface area contributed by atoms with Crippen LogP contribution in [0.1, 0.15) is 108 Å². The molecule has 0 aliphatic heterocycles. The van der Waals surface area contributed by atoms with E-state index in [1.54, 1.807) is 48.5 Å². The van der Waals surface area contributed by atoms with Crippen LogP contribution in [-0.4, -0.2) is 22.7 Å². The number of hydrogen-bond acceptors (Lipinski definition) is 5. The Hall–Kier alpha value is -4.01. The first-order valence-electron chi connectivity index (χ1n) is 14.8. The average molecular weight is 564 g/mol. The van der Waals surface area contributed by atoms with Gasteiger partial charge in [0.1, 0.15) is 11.7 Å². The number of carbonyl (C=O) groups is 1. The molecule has 0 saturated carbocycles. The molecule has 2 aromatic rings. The van der Waals surface area contributed by atoms with Crippen molar-refractivity contribution in [3.8, 4) is 0 Å². The van der Waals surface area contributed by atoms with Crippen molar-refractivity contribution < 1.29 is 9.90 Å². The van der Waals surface area contributed by atoms with Gasteiger partial charge in [-0.3, -0.25) is 21.0 Å². The quantitative estimate of drug-likeness (QED) is 0.0236. The van der Waals surface area contributed by atoms with Crippen LogP contribution < -0.4 is 16.9 Å². The van der Waals surface area contributed by atoms with E-state index in [0.29, 0.717) is 23.2 Å². The summed E-state index contributed by atoms with van der Waals surface area (Å²) in [4.78, 5) is 10.3. The number of rotatable bonds is 20. The van der Waals surface area contributed by atoms with E-state index in [9.17, 15) is 4.79 Å².